The molecule has 0 heterocycles. The third kappa shape index (κ3) is 1.39. The van der Waals surface area contributed by atoms with Gasteiger partial charge in [-0.1, -0.05) is 29.7 Å². The monoisotopic (exact) mass is 160 g/mol. The second-order valence-corrected chi connectivity index (χ2v) is 3.73. The van der Waals surface area contributed by atoms with E-state index in [-0.39, 0.29) is 6.10 Å². The number of hydrogen-bond donors (Lipinski definition) is 1. The smallest absolute Gasteiger partial charge is 0.139 e. The summed E-state index contributed by atoms with van der Waals surface area (Å²) in [6.45, 7) is 0. The number of hydrogen-bond acceptors (Lipinski definition) is 1. The van der Waals surface area contributed by atoms with Crippen LogP contribution >= 0.6 is 0 Å². The normalized spacial score (nSPS) is 28.1. The van der Waals surface area contributed by atoms with Gasteiger partial charge in [0.2, 0.25) is 0 Å². The van der Waals surface area contributed by atoms with Gasteiger partial charge in [-0.25, -0.2) is 0 Å². The van der Waals surface area contributed by atoms with Crippen molar-refractivity contribution in [2.75, 3.05) is 0 Å². The molecule has 0 aliphatic heterocycles. The fraction of sp³-hybridized carbons (Fsp3) is 0.400. The maximum Gasteiger partial charge on any atom is 0.139 e. The molecule has 62 valence electrons. The minimum Gasteiger partial charge on any atom is -0.393 e. The van der Waals surface area contributed by atoms with Gasteiger partial charge in [-0.15, -0.1) is 0 Å². The Balaban J connectivity index is 2.09. The van der Waals surface area contributed by atoms with Crippen LogP contribution in [0.25, 0.3) is 0 Å². The summed E-state index contributed by atoms with van der Waals surface area (Å²) in [5, 5.41) is 9.13. The van der Waals surface area contributed by atoms with Crippen molar-refractivity contribution in [1.29, 1.82) is 0 Å². The topological polar surface area (TPSA) is 20.2 Å². The minimum absolute atomic E-state index is 0.0451. The van der Waals surface area contributed by atoms with Crippen LogP contribution in [0.2, 0.25) is 0 Å². The standard InChI is InChI=1S/C10H13BO/c11-9-3-1-7(2-4-9)8-5-10(12)6-8/h1-4,8,10,12H,5-6,11H2/t8-,10+. The molecule has 0 radical (unpaired) electrons. The summed E-state index contributed by atoms with van der Waals surface area (Å²) >= 11 is 0. The summed E-state index contributed by atoms with van der Waals surface area (Å²) in [7, 11) is 2.10. The van der Waals surface area contributed by atoms with Gasteiger partial charge in [-0.05, 0) is 24.3 Å². The molecule has 0 bridgehead atoms. The summed E-state index contributed by atoms with van der Waals surface area (Å²) in [4.78, 5) is 0. The molecule has 2 rings (SSSR count). The zero-order valence-corrected chi connectivity index (χ0v) is 7.33. The Labute approximate surface area is 73.8 Å². The Morgan fingerprint density at radius 1 is 1.17 bits per heavy atom. The Morgan fingerprint density at radius 3 is 2.25 bits per heavy atom. The van der Waals surface area contributed by atoms with Crippen LogP contribution in [0.1, 0.15) is 24.3 Å². The van der Waals surface area contributed by atoms with Crippen LogP contribution < -0.4 is 5.46 Å². The van der Waals surface area contributed by atoms with Gasteiger partial charge >= 0.3 is 0 Å². The predicted molar refractivity (Wildman–Crippen MR) is 52.6 cm³/mol. The van der Waals surface area contributed by atoms with Gasteiger partial charge in [0.1, 0.15) is 7.85 Å². The molecule has 1 saturated carbocycles. The molecule has 12 heavy (non-hydrogen) atoms. The van der Waals surface area contributed by atoms with Crippen molar-refractivity contribution >= 4 is 13.3 Å². The van der Waals surface area contributed by atoms with E-state index in [1.165, 1.54) is 11.0 Å². The maximum atomic E-state index is 9.13. The fourth-order valence-electron chi connectivity index (χ4n) is 1.70. The Morgan fingerprint density at radius 2 is 1.75 bits per heavy atom. The average Bonchev–Trinajstić information content (AvgIpc) is 2.01. The molecule has 0 amide bonds. The molecule has 0 atom stereocenters. The van der Waals surface area contributed by atoms with Crippen molar-refractivity contribution in [3.63, 3.8) is 0 Å². The molecule has 2 heteroatoms. The molecular weight excluding hydrogens is 147 g/mol. The second kappa shape index (κ2) is 2.94. The lowest BCUT2D eigenvalue weighted by Gasteiger charge is -2.31. The van der Waals surface area contributed by atoms with Crippen molar-refractivity contribution in [3.8, 4) is 0 Å². The highest BCUT2D eigenvalue weighted by Gasteiger charge is 2.27. The van der Waals surface area contributed by atoms with Gasteiger partial charge in [0.25, 0.3) is 0 Å². The number of benzene rings is 1. The number of rotatable bonds is 1. The third-order valence-corrected chi connectivity index (χ3v) is 2.66. The molecule has 1 N–H and O–H groups in total. The van der Waals surface area contributed by atoms with Gasteiger partial charge in [-0.2, -0.15) is 0 Å². The van der Waals surface area contributed by atoms with E-state index in [4.69, 9.17) is 5.11 Å². The Bertz CT molecular complexity index is 262. The predicted octanol–water partition coefficient (Wildman–Crippen LogP) is 0.183. The van der Waals surface area contributed by atoms with E-state index in [2.05, 4.69) is 32.1 Å². The first kappa shape index (κ1) is 7.87. The van der Waals surface area contributed by atoms with Crippen molar-refractivity contribution in [3.05, 3.63) is 29.8 Å². The molecule has 1 aliphatic rings. The molecule has 0 aromatic heterocycles. The average molecular weight is 160 g/mol. The number of aliphatic hydroxyl groups excluding tert-OH is 1. The molecule has 1 aromatic carbocycles. The lowest BCUT2D eigenvalue weighted by atomic mass is 9.77. The zero-order chi connectivity index (χ0) is 8.55. The zero-order valence-electron chi connectivity index (χ0n) is 7.33. The summed E-state index contributed by atoms with van der Waals surface area (Å²) in [5.41, 5.74) is 2.68. The molecule has 1 nitrogen and oxygen atoms in total. The van der Waals surface area contributed by atoms with Crippen LogP contribution in [0.3, 0.4) is 0 Å². The van der Waals surface area contributed by atoms with Crippen LogP contribution in [0.5, 0.6) is 0 Å². The SMILES string of the molecule is Bc1ccc([C@H]2C[C@@H](O)C2)cc1. The van der Waals surface area contributed by atoms with E-state index in [0.717, 1.165) is 12.8 Å². The van der Waals surface area contributed by atoms with Crippen molar-refractivity contribution in [1.82, 2.24) is 0 Å². The van der Waals surface area contributed by atoms with Gasteiger partial charge in [0.05, 0.1) is 6.10 Å². The summed E-state index contributed by atoms with van der Waals surface area (Å²) in [6.07, 6.45) is 1.85. The van der Waals surface area contributed by atoms with E-state index in [0.29, 0.717) is 5.92 Å². The van der Waals surface area contributed by atoms with Crippen molar-refractivity contribution in [2.45, 2.75) is 24.9 Å². The van der Waals surface area contributed by atoms with E-state index < -0.39 is 0 Å². The molecule has 1 aliphatic carbocycles. The first-order valence-corrected chi connectivity index (χ1v) is 4.50. The van der Waals surface area contributed by atoms with Crippen molar-refractivity contribution < 1.29 is 5.11 Å². The van der Waals surface area contributed by atoms with Crippen LogP contribution in [-0.4, -0.2) is 19.1 Å². The third-order valence-electron chi connectivity index (χ3n) is 2.66. The quantitative estimate of drug-likeness (QED) is 0.581. The van der Waals surface area contributed by atoms with Gasteiger partial charge in [0, 0.05) is 0 Å². The molecule has 1 fully saturated rings. The first-order valence-electron chi connectivity index (χ1n) is 4.50. The highest BCUT2D eigenvalue weighted by Crippen LogP contribution is 2.36. The second-order valence-electron chi connectivity index (χ2n) is 3.73. The van der Waals surface area contributed by atoms with Gasteiger partial charge < -0.3 is 5.11 Å². The largest absolute Gasteiger partial charge is 0.393 e. The number of aliphatic hydroxyl groups is 1. The van der Waals surface area contributed by atoms with Gasteiger partial charge in [-0.3, -0.25) is 0 Å². The summed E-state index contributed by atoms with van der Waals surface area (Å²) in [5.74, 6) is 0.612. The molecular formula is C10H13BO. The van der Waals surface area contributed by atoms with Gasteiger partial charge in [0.15, 0.2) is 0 Å². The summed E-state index contributed by atoms with van der Waals surface area (Å²) < 4.78 is 0. The molecule has 0 saturated heterocycles. The lowest BCUT2D eigenvalue weighted by Crippen LogP contribution is -2.26. The Kier molecular flexibility index (Phi) is 1.93. The molecule has 0 unspecified atom stereocenters. The molecule has 1 aromatic rings. The van der Waals surface area contributed by atoms with E-state index >= 15 is 0 Å². The van der Waals surface area contributed by atoms with Crippen LogP contribution in [0.15, 0.2) is 24.3 Å². The summed E-state index contributed by atoms with van der Waals surface area (Å²) in [6, 6.07) is 8.62. The van der Waals surface area contributed by atoms with Crippen LogP contribution in [-0.2, 0) is 0 Å². The van der Waals surface area contributed by atoms with Crippen LogP contribution in [0.4, 0.5) is 0 Å². The highest BCUT2D eigenvalue weighted by atomic mass is 16.3. The van der Waals surface area contributed by atoms with Crippen LogP contribution in [0, 0.1) is 0 Å². The van der Waals surface area contributed by atoms with E-state index in [9.17, 15) is 0 Å². The lowest BCUT2D eigenvalue weighted by molar-refractivity contribution is 0.0746. The van der Waals surface area contributed by atoms with E-state index in [1.54, 1.807) is 0 Å². The fourth-order valence-corrected chi connectivity index (χ4v) is 1.70. The minimum atomic E-state index is -0.0451. The molecule has 0 spiro atoms. The van der Waals surface area contributed by atoms with E-state index in [1.807, 2.05) is 0 Å². The maximum absolute atomic E-state index is 9.13. The first-order chi connectivity index (χ1) is 5.75. The van der Waals surface area contributed by atoms with Crippen molar-refractivity contribution in [2.24, 2.45) is 0 Å². The Hall–Kier alpha value is -0.755. The highest BCUT2D eigenvalue weighted by molar-refractivity contribution is 6.32.